The Bertz CT molecular complexity index is 966. The number of nitrogens with zero attached hydrogens (tertiary/aromatic N) is 2. The highest BCUT2D eigenvalue weighted by molar-refractivity contribution is 5.94. The van der Waals surface area contributed by atoms with Crippen molar-refractivity contribution < 1.29 is 19.1 Å². The lowest BCUT2D eigenvalue weighted by Crippen LogP contribution is -2.43. The molecule has 4 amide bonds. The van der Waals surface area contributed by atoms with Crippen molar-refractivity contribution in [1.29, 1.82) is 0 Å². The number of hydrogen-bond acceptors (Lipinski definition) is 5. The number of piperidine rings is 1. The molecule has 1 fully saturated rings. The number of anilines is 2. The number of aromatic nitrogens is 1. The molecule has 3 rings (SSSR count). The average molecular weight is 454 g/mol. The molecule has 0 radical (unpaired) electrons. The molecule has 1 aromatic carbocycles. The highest BCUT2D eigenvalue weighted by atomic mass is 16.6. The summed E-state index contributed by atoms with van der Waals surface area (Å²) in [6.45, 7) is 6.83. The van der Waals surface area contributed by atoms with Crippen molar-refractivity contribution in [1.82, 2.24) is 15.2 Å². The van der Waals surface area contributed by atoms with Crippen molar-refractivity contribution in [3.8, 4) is 0 Å². The fourth-order valence-corrected chi connectivity index (χ4v) is 3.43. The van der Waals surface area contributed by atoms with Crippen LogP contribution in [0.3, 0.4) is 0 Å². The van der Waals surface area contributed by atoms with E-state index in [1.807, 2.05) is 32.9 Å². The Kier molecular flexibility index (Phi) is 7.87. The quantitative estimate of drug-likeness (QED) is 0.634. The van der Waals surface area contributed by atoms with Crippen LogP contribution >= 0.6 is 0 Å². The maximum absolute atomic E-state index is 12.7. The summed E-state index contributed by atoms with van der Waals surface area (Å²) >= 11 is 0. The van der Waals surface area contributed by atoms with E-state index in [1.165, 1.54) is 0 Å². The molecule has 0 atom stereocenters. The fourth-order valence-electron chi connectivity index (χ4n) is 3.43. The van der Waals surface area contributed by atoms with Crippen LogP contribution in [-0.2, 0) is 16.1 Å². The van der Waals surface area contributed by atoms with E-state index in [-0.39, 0.29) is 23.9 Å². The van der Waals surface area contributed by atoms with Crippen molar-refractivity contribution in [3.05, 3.63) is 54.4 Å². The summed E-state index contributed by atoms with van der Waals surface area (Å²) in [5.74, 6) is -0.290. The van der Waals surface area contributed by atoms with Gasteiger partial charge in [0, 0.05) is 49.3 Å². The molecular weight excluding hydrogens is 422 g/mol. The minimum absolute atomic E-state index is 0.0990. The Balaban J connectivity index is 1.46. The molecule has 0 unspecified atom stereocenters. The Morgan fingerprint density at radius 1 is 1.03 bits per heavy atom. The van der Waals surface area contributed by atoms with Crippen LogP contribution in [-0.4, -0.2) is 46.6 Å². The summed E-state index contributed by atoms with van der Waals surface area (Å²) in [6.07, 6.45) is 4.13. The van der Waals surface area contributed by atoms with Gasteiger partial charge in [-0.05, 0) is 69.5 Å². The third-order valence-corrected chi connectivity index (χ3v) is 5.11. The summed E-state index contributed by atoms with van der Waals surface area (Å²) in [5, 5.41) is 8.46. The molecule has 1 aliphatic heterocycles. The first-order valence-electron chi connectivity index (χ1n) is 11.0. The van der Waals surface area contributed by atoms with Crippen LogP contribution in [0.25, 0.3) is 0 Å². The van der Waals surface area contributed by atoms with Gasteiger partial charge in [0.05, 0.1) is 0 Å². The van der Waals surface area contributed by atoms with E-state index in [0.717, 1.165) is 5.56 Å². The number of benzene rings is 1. The summed E-state index contributed by atoms with van der Waals surface area (Å²) < 4.78 is 5.40. The fraction of sp³-hybridized carbons (Fsp3) is 0.417. The zero-order valence-electron chi connectivity index (χ0n) is 19.3. The number of hydrogen-bond donors (Lipinski definition) is 3. The number of amides is 4. The van der Waals surface area contributed by atoms with E-state index in [4.69, 9.17) is 4.74 Å². The summed E-state index contributed by atoms with van der Waals surface area (Å²) in [5.41, 5.74) is 1.57. The van der Waals surface area contributed by atoms with Gasteiger partial charge in [-0.1, -0.05) is 6.07 Å². The molecule has 2 aromatic rings. The second kappa shape index (κ2) is 10.8. The molecule has 0 bridgehead atoms. The van der Waals surface area contributed by atoms with Crippen LogP contribution in [0.2, 0.25) is 0 Å². The standard InChI is InChI=1S/C24H31N5O4/c1-24(2,3)33-23(32)29-13-9-18(10-14-29)21(30)27-19-5-4-6-20(15-19)28-22(31)26-16-17-7-11-25-12-8-17/h4-8,11-12,15,18H,9-10,13-14,16H2,1-3H3,(H,27,30)(H2,26,28,31). The molecule has 2 heterocycles. The molecule has 9 nitrogen and oxygen atoms in total. The predicted octanol–water partition coefficient (Wildman–Crippen LogP) is 3.99. The molecule has 33 heavy (non-hydrogen) atoms. The maximum Gasteiger partial charge on any atom is 0.410 e. The van der Waals surface area contributed by atoms with Crippen LogP contribution in [0.1, 0.15) is 39.2 Å². The Hall–Kier alpha value is -3.62. The molecule has 0 spiro atoms. The number of carbonyl (C=O) groups excluding carboxylic acids is 3. The largest absolute Gasteiger partial charge is 0.444 e. The number of ether oxygens (including phenoxy) is 1. The van der Waals surface area contributed by atoms with E-state index >= 15 is 0 Å². The second-order valence-corrected chi connectivity index (χ2v) is 8.97. The smallest absolute Gasteiger partial charge is 0.410 e. The highest BCUT2D eigenvalue weighted by Gasteiger charge is 2.30. The number of likely N-dealkylation sites (tertiary alicyclic amines) is 1. The van der Waals surface area contributed by atoms with Gasteiger partial charge in [0.1, 0.15) is 5.60 Å². The zero-order valence-corrected chi connectivity index (χ0v) is 19.3. The molecule has 176 valence electrons. The topological polar surface area (TPSA) is 113 Å². The van der Waals surface area contributed by atoms with Gasteiger partial charge in [-0.3, -0.25) is 9.78 Å². The molecule has 1 saturated heterocycles. The number of pyridine rings is 1. The second-order valence-electron chi connectivity index (χ2n) is 8.97. The van der Waals surface area contributed by atoms with Crippen molar-refractivity contribution in [3.63, 3.8) is 0 Å². The van der Waals surface area contributed by atoms with Crippen LogP contribution in [0.15, 0.2) is 48.8 Å². The zero-order chi connectivity index (χ0) is 23.8. The monoisotopic (exact) mass is 453 g/mol. The molecule has 1 aromatic heterocycles. The minimum atomic E-state index is -0.541. The Morgan fingerprint density at radius 2 is 1.67 bits per heavy atom. The minimum Gasteiger partial charge on any atom is -0.444 e. The number of carbonyl (C=O) groups is 3. The summed E-state index contributed by atoms with van der Waals surface area (Å²) in [6, 6.07) is 10.3. The van der Waals surface area contributed by atoms with Crippen molar-refractivity contribution in [2.75, 3.05) is 23.7 Å². The number of rotatable bonds is 5. The predicted molar refractivity (Wildman–Crippen MR) is 126 cm³/mol. The van der Waals surface area contributed by atoms with Crippen molar-refractivity contribution >= 4 is 29.4 Å². The van der Waals surface area contributed by atoms with Gasteiger partial charge in [-0.15, -0.1) is 0 Å². The SMILES string of the molecule is CC(C)(C)OC(=O)N1CCC(C(=O)Nc2cccc(NC(=O)NCc3ccncc3)c2)CC1. The number of urea groups is 1. The van der Waals surface area contributed by atoms with E-state index < -0.39 is 5.60 Å². The normalized spacial score (nSPS) is 14.3. The Morgan fingerprint density at radius 3 is 2.30 bits per heavy atom. The third-order valence-electron chi connectivity index (χ3n) is 5.11. The van der Waals surface area contributed by atoms with Crippen LogP contribution in [0.5, 0.6) is 0 Å². The first-order valence-corrected chi connectivity index (χ1v) is 11.0. The first-order chi connectivity index (χ1) is 15.7. The summed E-state index contributed by atoms with van der Waals surface area (Å²) in [4.78, 5) is 42.7. The van der Waals surface area contributed by atoms with Gasteiger partial charge >= 0.3 is 12.1 Å². The van der Waals surface area contributed by atoms with E-state index in [0.29, 0.717) is 43.9 Å². The molecular formula is C24H31N5O4. The lowest BCUT2D eigenvalue weighted by Gasteiger charge is -2.32. The Labute approximate surface area is 193 Å². The average Bonchev–Trinajstić information content (AvgIpc) is 2.77. The lowest BCUT2D eigenvalue weighted by atomic mass is 9.96. The molecule has 9 heteroatoms. The van der Waals surface area contributed by atoms with Crippen LogP contribution < -0.4 is 16.0 Å². The highest BCUT2D eigenvalue weighted by Crippen LogP contribution is 2.22. The number of nitrogens with one attached hydrogen (secondary N) is 3. The first kappa shape index (κ1) is 24.0. The van der Waals surface area contributed by atoms with Gasteiger partial charge in [0.15, 0.2) is 0 Å². The van der Waals surface area contributed by atoms with E-state index in [9.17, 15) is 14.4 Å². The van der Waals surface area contributed by atoms with Gasteiger partial charge < -0.3 is 25.6 Å². The lowest BCUT2D eigenvalue weighted by molar-refractivity contribution is -0.121. The molecule has 1 aliphatic rings. The van der Waals surface area contributed by atoms with Crippen molar-refractivity contribution in [2.45, 2.75) is 45.8 Å². The van der Waals surface area contributed by atoms with Crippen LogP contribution in [0, 0.1) is 5.92 Å². The van der Waals surface area contributed by atoms with E-state index in [1.54, 1.807) is 41.6 Å². The van der Waals surface area contributed by atoms with Gasteiger partial charge in [-0.2, -0.15) is 0 Å². The molecule has 0 saturated carbocycles. The summed E-state index contributed by atoms with van der Waals surface area (Å²) in [7, 11) is 0. The van der Waals surface area contributed by atoms with Gasteiger partial charge in [0.2, 0.25) is 5.91 Å². The molecule has 0 aliphatic carbocycles. The third kappa shape index (κ3) is 7.78. The van der Waals surface area contributed by atoms with Crippen molar-refractivity contribution in [2.24, 2.45) is 5.92 Å². The maximum atomic E-state index is 12.7. The molecule has 3 N–H and O–H groups in total. The van der Waals surface area contributed by atoms with Gasteiger partial charge in [-0.25, -0.2) is 9.59 Å². The van der Waals surface area contributed by atoms with Gasteiger partial charge in [0.25, 0.3) is 0 Å². The van der Waals surface area contributed by atoms with E-state index in [2.05, 4.69) is 20.9 Å². The van der Waals surface area contributed by atoms with Crippen LogP contribution in [0.4, 0.5) is 21.0 Å².